The van der Waals surface area contributed by atoms with Gasteiger partial charge in [0.15, 0.2) is 11.5 Å². The molecule has 1 aromatic heterocycles. The molecule has 0 spiro atoms. The Balaban J connectivity index is 1.65. The molecule has 1 aromatic carbocycles. The Kier molecular flexibility index (Phi) is 3.80. The van der Waals surface area contributed by atoms with Gasteiger partial charge >= 0.3 is 0 Å². The number of halogens is 1. The lowest BCUT2D eigenvalue weighted by molar-refractivity contribution is 0.171. The molecule has 106 valence electrons. The molecule has 1 aliphatic rings. The first kappa shape index (κ1) is 13.3. The van der Waals surface area contributed by atoms with Crippen molar-refractivity contribution in [2.24, 2.45) is 0 Å². The summed E-state index contributed by atoms with van der Waals surface area (Å²) in [6.07, 6.45) is 3.45. The molecule has 0 amide bonds. The Labute approximate surface area is 122 Å². The Bertz CT molecular complexity index is 600. The molecule has 0 saturated heterocycles. The molecule has 3 rings (SSSR count). The summed E-state index contributed by atoms with van der Waals surface area (Å²) >= 11 is 5.85. The zero-order valence-electron chi connectivity index (χ0n) is 11.3. The monoisotopic (exact) mass is 293 g/mol. The fraction of sp³-hybridized carbons (Fsp3) is 0.357. The third-order valence-corrected chi connectivity index (χ3v) is 3.24. The van der Waals surface area contributed by atoms with E-state index in [2.05, 4.69) is 16.1 Å². The molecule has 6 heteroatoms. The van der Waals surface area contributed by atoms with E-state index in [-0.39, 0.29) is 0 Å². The smallest absolute Gasteiger partial charge is 0.161 e. The molecule has 20 heavy (non-hydrogen) atoms. The summed E-state index contributed by atoms with van der Waals surface area (Å²) in [5.41, 5.74) is 1.18. The highest BCUT2D eigenvalue weighted by Crippen LogP contribution is 2.31. The van der Waals surface area contributed by atoms with E-state index in [1.807, 2.05) is 25.4 Å². The normalized spacial score (nSPS) is 13.8. The van der Waals surface area contributed by atoms with E-state index >= 15 is 0 Å². The maximum absolute atomic E-state index is 5.85. The van der Waals surface area contributed by atoms with E-state index in [0.717, 1.165) is 18.0 Å². The summed E-state index contributed by atoms with van der Waals surface area (Å²) < 4.78 is 12.9. The number of rotatable bonds is 4. The van der Waals surface area contributed by atoms with E-state index in [1.165, 1.54) is 5.56 Å². The molecule has 0 radical (unpaired) electrons. The largest absolute Gasteiger partial charge is 0.486 e. The number of nitrogens with zero attached hydrogens (tertiary/aromatic N) is 3. The van der Waals surface area contributed by atoms with Crippen LogP contribution in [-0.2, 0) is 13.2 Å². The fourth-order valence-electron chi connectivity index (χ4n) is 2.21. The lowest BCUT2D eigenvalue weighted by atomic mass is 10.2. The van der Waals surface area contributed by atoms with Crippen LogP contribution in [0, 0.1) is 0 Å². The topological polar surface area (TPSA) is 39.5 Å². The number of hydrogen-bond acceptors (Lipinski definition) is 4. The molecule has 5 nitrogen and oxygen atoms in total. The quantitative estimate of drug-likeness (QED) is 0.868. The molecule has 0 saturated carbocycles. The lowest BCUT2D eigenvalue weighted by Crippen LogP contribution is -2.22. The van der Waals surface area contributed by atoms with Crippen molar-refractivity contribution >= 4 is 11.6 Å². The summed E-state index contributed by atoms with van der Waals surface area (Å²) in [5.74, 6) is 1.64. The van der Waals surface area contributed by atoms with Crippen molar-refractivity contribution in [1.82, 2.24) is 14.7 Å². The standard InChI is InChI=1S/C14H16ClN3O2/c1-17(10-18-9-12(15)7-16-18)8-11-2-3-13-14(6-11)20-5-4-19-13/h2-3,6-7,9H,4-5,8,10H2,1H3. The molecule has 2 heterocycles. The molecule has 0 fully saturated rings. The Morgan fingerprint density at radius 3 is 2.85 bits per heavy atom. The van der Waals surface area contributed by atoms with Gasteiger partial charge in [-0.1, -0.05) is 17.7 Å². The maximum atomic E-state index is 5.85. The van der Waals surface area contributed by atoms with Crippen LogP contribution >= 0.6 is 11.6 Å². The minimum absolute atomic E-state index is 0.609. The van der Waals surface area contributed by atoms with Crippen LogP contribution in [0.1, 0.15) is 5.56 Å². The van der Waals surface area contributed by atoms with Gasteiger partial charge in [0.1, 0.15) is 13.2 Å². The van der Waals surface area contributed by atoms with Crippen molar-refractivity contribution in [3.05, 3.63) is 41.2 Å². The van der Waals surface area contributed by atoms with Crippen molar-refractivity contribution in [3.63, 3.8) is 0 Å². The zero-order valence-corrected chi connectivity index (χ0v) is 12.0. The van der Waals surface area contributed by atoms with Crippen molar-refractivity contribution in [1.29, 1.82) is 0 Å². The van der Waals surface area contributed by atoms with Gasteiger partial charge in [-0.3, -0.25) is 9.58 Å². The predicted octanol–water partition coefficient (Wildman–Crippen LogP) is 2.40. The Morgan fingerprint density at radius 1 is 1.30 bits per heavy atom. The van der Waals surface area contributed by atoms with Crippen molar-refractivity contribution in [2.45, 2.75) is 13.2 Å². The molecule has 0 bridgehead atoms. The average molecular weight is 294 g/mol. The first-order valence-electron chi connectivity index (χ1n) is 6.46. The van der Waals surface area contributed by atoms with E-state index < -0.39 is 0 Å². The van der Waals surface area contributed by atoms with Gasteiger partial charge < -0.3 is 9.47 Å². The molecule has 0 atom stereocenters. The van der Waals surface area contributed by atoms with Crippen LogP contribution in [-0.4, -0.2) is 34.9 Å². The van der Waals surface area contributed by atoms with Crippen LogP contribution in [0.4, 0.5) is 0 Å². The molecular formula is C14H16ClN3O2. The predicted molar refractivity (Wildman–Crippen MR) is 76.1 cm³/mol. The van der Waals surface area contributed by atoms with Crippen LogP contribution in [0.3, 0.4) is 0 Å². The van der Waals surface area contributed by atoms with E-state index in [0.29, 0.717) is 24.9 Å². The van der Waals surface area contributed by atoms with Crippen molar-refractivity contribution in [2.75, 3.05) is 20.3 Å². The second-order valence-electron chi connectivity index (χ2n) is 4.83. The van der Waals surface area contributed by atoms with Gasteiger partial charge in [-0.2, -0.15) is 5.10 Å². The number of hydrogen-bond donors (Lipinski definition) is 0. The summed E-state index contributed by atoms with van der Waals surface area (Å²) in [7, 11) is 2.03. The summed E-state index contributed by atoms with van der Waals surface area (Å²) in [6, 6.07) is 6.05. The molecule has 0 N–H and O–H groups in total. The SMILES string of the molecule is CN(Cc1ccc2c(c1)OCCO2)Cn1cc(Cl)cn1. The van der Waals surface area contributed by atoms with Crippen LogP contribution in [0.15, 0.2) is 30.6 Å². The highest BCUT2D eigenvalue weighted by molar-refractivity contribution is 6.30. The Hall–Kier alpha value is -1.72. The number of benzene rings is 1. The summed E-state index contributed by atoms with van der Waals surface area (Å²) in [4.78, 5) is 2.15. The van der Waals surface area contributed by atoms with Crippen molar-refractivity contribution < 1.29 is 9.47 Å². The number of aromatic nitrogens is 2. The highest BCUT2D eigenvalue weighted by Gasteiger charge is 2.12. The van der Waals surface area contributed by atoms with E-state index in [9.17, 15) is 0 Å². The Morgan fingerprint density at radius 2 is 2.10 bits per heavy atom. The first-order valence-corrected chi connectivity index (χ1v) is 6.83. The van der Waals surface area contributed by atoms with Gasteiger partial charge in [-0.15, -0.1) is 0 Å². The number of fused-ring (bicyclic) bond motifs is 1. The second kappa shape index (κ2) is 5.73. The van der Waals surface area contributed by atoms with Gasteiger partial charge in [0.05, 0.1) is 17.9 Å². The number of ether oxygens (including phenoxy) is 2. The highest BCUT2D eigenvalue weighted by atomic mass is 35.5. The third-order valence-electron chi connectivity index (χ3n) is 3.05. The molecular weight excluding hydrogens is 278 g/mol. The first-order chi connectivity index (χ1) is 9.70. The molecule has 0 aliphatic carbocycles. The summed E-state index contributed by atoms with van der Waals surface area (Å²) in [5, 5.41) is 4.82. The van der Waals surface area contributed by atoms with Gasteiger partial charge in [-0.25, -0.2) is 0 Å². The van der Waals surface area contributed by atoms with Gasteiger partial charge in [0.25, 0.3) is 0 Å². The van der Waals surface area contributed by atoms with E-state index in [1.54, 1.807) is 10.9 Å². The van der Waals surface area contributed by atoms with Gasteiger partial charge in [0.2, 0.25) is 0 Å². The van der Waals surface area contributed by atoms with Crippen LogP contribution in [0.2, 0.25) is 5.02 Å². The third kappa shape index (κ3) is 3.05. The molecule has 2 aromatic rings. The average Bonchev–Trinajstić information content (AvgIpc) is 2.83. The van der Waals surface area contributed by atoms with Crippen LogP contribution < -0.4 is 9.47 Å². The minimum atomic E-state index is 0.609. The van der Waals surface area contributed by atoms with Crippen LogP contribution in [0.25, 0.3) is 0 Å². The maximum Gasteiger partial charge on any atom is 0.161 e. The van der Waals surface area contributed by atoms with Gasteiger partial charge in [0, 0.05) is 12.7 Å². The fourth-order valence-corrected chi connectivity index (χ4v) is 2.37. The van der Waals surface area contributed by atoms with Crippen molar-refractivity contribution in [3.8, 4) is 11.5 Å². The lowest BCUT2D eigenvalue weighted by Gasteiger charge is -2.21. The van der Waals surface area contributed by atoms with Gasteiger partial charge in [-0.05, 0) is 24.7 Å². The molecule has 0 unspecified atom stereocenters. The van der Waals surface area contributed by atoms with Crippen LogP contribution in [0.5, 0.6) is 11.5 Å². The second-order valence-corrected chi connectivity index (χ2v) is 5.27. The zero-order chi connectivity index (χ0) is 13.9. The molecule has 1 aliphatic heterocycles. The van der Waals surface area contributed by atoms with E-state index in [4.69, 9.17) is 21.1 Å². The minimum Gasteiger partial charge on any atom is -0.486 e. The summed E-state index contributed by atoms with van der Waals surface area (Å²) in [6.45, 7) is 2.71.